The van der Waals surface area contributed by atoms with Gasteiger partial charge in [0.15, 0.2) is 5.96 Å². The molecule has 0 radical (unpaired) electrons. The van der Waals surface area contributed by atoms with Crippen LogP contribution in [0.3, 0.4) is 0 Å². The molecular weight excluding hydrogens is 198 g/mol. The van der Waals surface area contributed by atoms with E-state index in [1.54, 1.807) is 0 Å². The molecule has 1 aliphatic rings. The molecule has 0 spiro atoms. The summed E-state index contributed by atoms with van der Waals surface area (Å²) in [6, 6.07) is 11.0. The predicted molar refractivity (Wildman–Crippen MR) is 67.2 cm³/mol. The summed E-state index contributed by atoms with van der Waals surface area (Å²) in [4.78, 5) is 4.24. The molecule has 0 unspecified atom stereocenters. The van der Waals surface area contributed by atoms with E-state index in [0.717, 1.165) is 12.8 Å². The van der Waals surface area contributed by atoms with Crippen molar-refractivity contribution in [1.29, 1.82) is 0 Å². The molecule has 0 heterocycles. The smallest absolute Gasteiger partial charge is 0.186 e. The lowest BCUT2D eigenvalue weighted by atomic mass is 9.82. The van der Waals surface area contributed by atoms with Crippen molar-refractivity contribution in [3.8, 4) is 0 Å². The summed E-state index contributed by atoms with van der Waals surface area (Å²) in [5.41, 5.74) is 12.2. The van der Waals surface area contributed by atoms with E-state index in [1.807, 2.05) is 0 Å². The highest BCUT2D eigenvalue weighted by Gasteiger charge is 2.21. The minimum absolute atomic E-state index is 0.225. The summed E-state index contributed by atoms with van der Waals surface area (Å²) in [7, 11) is 0. The van der Waals surface area contributed by atoms with E-state index in [9.17, 15) is 0 Å². The van der Waals surface area contributed by atoms with Crippen molar-refractivity contribution in [3.63, 3.8) is 0 Å². The van der Waals surface area contributed by atoms with Gasteiger partial charge >= 0.3 is 0 Å². The molecule has 16 heavy (non-hydrogen) atoms. The summed E-state index contributed by atoms with van der Waals surface area (Å²) < 4.78 is 0. The first-order chi connectivity index (χ1) is 7.75. The number of guanidine groups is 1. The average Bonchev–Trinajstić information content (AvgIpc) is 2.30. The minimum atomic E-state index is 0.225. The second-order valence-electron chi connectivity index (χ2n) is 4.47. The summed E-state index contributed by atoms with van der Waals surface area (Å²) in [5, 5.41) is 0. The van der Waals surface area contributed by atoms with Crippen molar-refractivity contribution in [2.75, 3.05) is 0 Å². The number of nitrogens with two attached hydrogens (primary N) is 2. The Morgan fingerprint density at radius 3 is 2.19 bits per heavy atom. The van der Waals surface area contributed by atoms with E-state index in [-0.39, 0.29) is 5.96 Å². The third-order valence-corrected chi connectivity index (χ3v) is 3.30. The maximum absolute atomic E-state index is 5.40. The van der Waals surface area contributed by atoms with Crippen LogP contribution in [-0.4, -0.2) is 12.0 Å². The van der Waals surface area contributed by atoms with E-state index < -0.39 is 0 Å². The Morgan fingerprint density at radius 2 is 1.62 bits per heavy atom. The summed E-state index contributed by atoms with van der Waals surface area (Å²) in [6.07, 6.45) is 4.56. The van der Waals surface area contributed by atoms with E-state index in [0.29, 0.717) is 12.0 Å². The fourth-order valence-corrected chi connectivity index (χ4v) is 2.47. The fourth-order valence-electron chi connectivity index (χ4n) is 2.47. The zero-order valence-electron chi connectivity index (χ0n) is 9.47. The first-order valence-corrected chi connectivity index (χ1v) is 5.89. The molecule has 1 saturated carbocycles. The molecule has 0 aromatic heterocycles. The third-order valence-electron chi connectivity index (χ3n) is 3.30. The average molecular weight is 217 g/mol. The third kappa shape index (κ3) is 2.75. The van der Waals surface area contributed by atoms with Crippen molar-refractivity contribution in [3.05, 3.63) is 35.9 Å². The molecule has 1 fully saturated rings. The van der Waals surface area contributed by atoms with E-state index >= 15 is 0 Å². The minimum Gasteiger partial charge on any atom is -0.370 e. The SMILES string of the molecule is NC(N)=NC1CCC(c2ccccc2)CC1. The standard InChI is InChI=1S/C13H19N3/c14-13(15)16-12-8-6-11(7-9-12)10-4-2-1-3-5-10/h1-5,11-12H,6-9H2,(H4,14,15,16). The molecular formula is C13H19N3. The highest BCUT2D eigenvalue weighted by Crippen LogP contribution is 2.33. The molecule has 1 aromatic rings. The Hall–Kier alpha value is -1.51. The zero-order chi connectivity index (χ0) is 11.4. The predicted octanol–water partition coefficient (Wildman–Crippen LogP) is 1.99. The van der Waals surface area contributed by atoms with Gasteiger partial charge in [-0.05, 0) is 37.2 Å². The topological polar surface area (TPSA) is 64.4 Å². The first kappa shape index (κ1) is 11.0. The molecule has 0 bridgehead atoms. The van der Waals surface area contributed by atoms with Crippen LogP contribution in [0.15, 0.2) is 35.3 Å². The molecule has 3 nitrogen and oxygen atoms in total. The van der Waals surface area contributed by atoms with Crippen LogP contribution in [0.1, 0.15) is 37.2 Å². The Kier molecular flexibility index (Phi) is 3.44. The Morgan fingerprint density at radius 1 is 1.00 bits per heavy atom. The molecule has 1 aromatic carbocycles. The molecule has 0 amide bonds. The van der Waals surface area contributed by atoms with Crippen molar-refractivity contribution in [2.24, 2.45) is 16.5 Å². The van der Waals surface area contributed by atoms with Gasteiger partial charge in [-0.3, -0.25) is 4.99 Å². The molecule has 1 aliphatic carbocycles. The number of nitrogens with zero attached hydrogens (tertiary/aromatic N) is 1. The lowest BCUT2D eigenvalue weighted by molar-refractivity contribution is 0.397. The maximum atomic E-state index is 5.40. The van der Waals surface area contributed by atoms with Gasteiger partial charge in [-0.1, -0.05) is 30.3 Å². The van der Waals surface area contributed by atoms with Gasteiger partial charge in [-0.2, -0.15) is 0 Å². The van der Waals surface area contributed by atoms with Gasteiger partial charge in [-0.25, -0.2) is 0 Å². The Bertz CT molecular complexity index is 347. The van der Waals surface area contributed by atoms with Gasteiger partial charge in [0.1, 0.15) is 0 Å². The Balaban J connectivity index is 1.93. The summed E-state index contributed by atoms with van der Waals surface area (Å²) >= 11 is 0. The second-order valence-corrected chi connectivity index (χ2v) is 4.47. The zero-order valence-corrected chi connectivity index (χ0v) is 9.47. The second kappa shape index (κ2) is 5.01. The largest absolute Gasteiger partial charge is 0.370 e. The number of aliphatic imine (C=N–C) groups is 1. The molecule has 0 atom stereocenters. The van der Waals surface area contributed by atoms with Gasteiger partial charge in [-0.15, -0.1) is 0 Å². The van der Waals surface area contributed by atoms with Crippen LogP contribution in [0.25, 0.3) is 0 Å². The fraction of sp³-hybridized carbons (Fsp3) is 0.462. The quantitative estimate of drug-likeness (QED) is 0.587. The van der Waals surface area contributed by atoms with Gasteiger partial charge in [0.2, 0.25) is 0 Å². The monoisotopic (exact) mass is 217 g/mol. The van der Waals surface area contributed by atoms with E-state index in [1.165, 1.54) is 18.4 Å². The van der Waals surface area contributed by atoms with Gasteiger partial charge in [0, 0.05) is 0 Å². The Labute approximate surface area is 96.6 Å². The van der Waals surface area contributed by atoms with Gasteiger partial charge in [0.05, 0.1) is 6.04 Å². The normalized spacial score (nSPS) is 25.0. The van der Waals surface area contributed by atoms with Crippen molar-refractivity contribution >= 4 is 5.96 Å². The van der Waals surface area contributed by atoms with Gasteiger partial charge in [0.25, 0.3) is 0 Å². The van der Waals surface area contributed by atoms with Crippen LogP contribution in [0.4, 0.5) is 0 Å². The number of hydrogen-bond donors (Lipinski definition) is 2. The van der Waals surface area contributed by atoms with Crippen molar-refractivity contribution in [2.45, 2.75) is 37.6 Å². The van der Waals surface area contributed by atoms with E-state index in [4.69, 9.17) is 11.5 Å². The molecule has 0 saturated heterocycles. The van der Waals surface area contributed by atoms with Crippen LogP contribution < -0.4 is 11.5 Å². The van der Waals surface area contributed by atoms with Crippen LogP contribution >= 0.6 is 0 Å². The molecule has 86 valence electrons. The maximum Gasteiger partial charge on any atom is 0.186 e. The van der Waals surface area contributed by atoms with Crippen molar-refractivity contribution in [1.82, 2.24) is 0 Å². The number of hydrogen-bond acceptors (Lipinski definition) is 1. The van der Waals surface area contributed by atoms with Crippen LogP contribution in [0, 0.1) is 0 Å². The number of rotatable bonds is 2. The van der Waals surface area contributed by atoms with Crippen LogP contribution in [0.2, 0.25) is 0 Å². The summed E-state index contributed by atoms with van der Waals surface area (Å²) in [6.45, 7) is 0. The molecule has 3 heteroatoms. The van der Waals surface area contributed by atoms with Crippen LogP contribution in [0.5, 0.6) is 0 Å². The first-order valence-electron chi connectivity index (χ1n) is 5.89. The highest BCUT2D eigenvalue weighted by atomic mass is 15.0. The molecule has 2 rings (SSSR count). The molecule has 0 aliphatic heterocycles. The summed E-state index contributed by atoms with van der Waals surface area (Å²) in [5.74, 6) is 0.912. The lowest BCUT2D eigenvalue weighted by Crippen LogP contribution is -2.27. The molecule has 4 N–H and O–H groups in total. The van der Waals surface area contributed by atoms with Gasteiger partial charge < -0.3 is 11.5 Å². The number of benzene rings is 1. The van der Waals surface area contributed by atoms with Crippen LogP contribution in [-0.2, 0) is 0 Å². The van der Waals surface area contributed by atoms with E-state index in [2.05, 4.69) is 35.3 Å². The lowest BCUT2D eigenvalue weighted by Gasteiger charge is -2.26. The highest BCUT2D eigenvalue weighted by molar-refractivity contribution is 5.75. The van der Waals surface area contributed by atoms with Crippen molar-refractivity contribution < 1.29 is 0 Å².